The zero-order valence-corrected chi connectivity index (χ0v) is 15.7. The molecule has 4 N–H and O–H groups in total. The molecule has 0 spiro atoms. The number of benzene rings is 2. The summed E-state index contributed by atoms with van der Waals surface area (Å²) in [5, 5.41) is 1.25. The zero-order valence-electron chi connectivity index (χ0n) is 15.7. The summed E-state index contributed by atoms with van der Waals surface area (Å²) in [6.45, 7) is 4.88. The number of aryl methyl sites for hydroxylation is 2. The van der Waals surface area contributed by atoms with Crippen LogP contribution < -0.4 is 11.5 Å². The molecule has 4 nitrogen and oxygen atoms in total. The van der Waals surface area contributed by atoms with E-state index in [1.54, 1.807) is 0 Å². The van der Waals surface area contributed by atoms with Crippen molar-refractivity contribution in [3.63, 3.8) is 0 Å². The normalized spacial score (nSPS) is 11.2. The van der Waals surface area contributed by atoms with Crippen LogP contribution in [-0.4, -0.2) is 9.55 Å². The number of nitrogens with two attached hydrogens (primary N) is 2. The van der Waals surface area contributed by atoms with Crippen LogP contribution >= 0.6 is 0 Å². The van der Waals surface area contributed by atoms with E-state index in [1.807, 2.05) is 13.0 Å². The van der Waals surface area contributed by atoms with E-state index in [-0.39, 0.29) is 0 Å². The summed E-state index contributed by atoms with van der Waals surface area (Å²) < 4.78 is 2.29. The maximum Gasteiger partial charge on any atom is 0.124 e. The molecule has 0 saturated carbocycles. The zero-order chi connectivity index (χ0) is 19.0. The Morgan fingerprint density at radius 2 is 1.74 bits per heavy atom. The van der Waals surface area contributed by atoms with Gasteiger partial charge in [-0.15, -0.1) is 0 Å². The molecular formula is C23H24N4. The summed E-state index contributed by atoms with van der Waals surface area (Å²) in [5.41, 5.74) is 19.8. The van der Waals surface area contributed by atoms with Gasteiger partial charge in [-0.3, -0.25) is 0 Å². The van der Waals surface area contributed by atoms with E-state index in [0.29, 0.717) is 5.82 Å². The van der Waals surface area contributed by atoms with Crippen LogP contribution in [0, 0.1) is 13.8 Å². The van der Waals surface area contributed by atoms with Crippen LogP contribution in [0.25, 0.3) is 10.9 Å². The highest BCUT2D eigenvalue weighted by atomic mass is 14.9. The lowest BCUT2D eigenvalue weighted by Crippen LogP contribution is -2.04. The van der Waals surface area contributed by atoms with Gasteiger partial charge in [0, 0.05) is 30.1 Å². The van der Waals surface area contributed by atoms with Crippen molar-refractivity contribution < 1.29 is 0 Å². The van der Waals surface area contributed by atoms with Crippen LogP contribution in [0.5, 0.6) is 0 Å². The molecule has 4 rings (SSSR count). The molecule has 0 aliphatic carbocycles. The van der Waals surface area contributed by atoms with Crippen molar-refractivity contribution in [1.29, 1.82) is 0 Å². The van der Waals surface area contributed by atoms with Gasteiger partial charge in [-0.1, -0.05) is 42.0 Å². The number of aromatic nitrogens is 2. The summed E-state index contributed by atoms with van der Waals surface area (Å²) in [6.07, 6.45) is 2.90. The molecule has 0 aliphatic rings. The Bertz CT molecular complexity index is 1120. The van der Waals surface area contributed by atoms with Crippen molar-refractivity contribution in [3.8, 4) is 0 Å². The molecule has 2 aromatic heterocycles. The van der Waals surface area contributed by atoms with Crippen molar-refractivity contribution in [2.75, 3.05) is 11.5 Å². The maximum absolute atomic E-state index is 6.24. The molecule has 0 radical (unpaired) electrons. The van der Waals surface area contributed by atoms with E-state index in [2.05, 4.69) is 71.2 Å². The van der Waals surface area contributed by atoms with Gasteiger partial charge in [-0.2, -0.15) is 0 Å². The van der Waals surface area contributed by atoms with Crippen molar-refractivity contribution >= 4 is 22.4 Å². The van der Waals surface area contributed by atoms with E-state index in [1.165, 1.54) is 27.6 Å². The molecule has 0 unspecified atom stereocenters. The van der Waals surface area contributed by atoms with E-state index in [0.717, 1.165) is 29.9 Å². The Hall–Kier alpha value is -3.27. The summed E-state index contributed by atoms with van der Waals surface area (Å²) in [6, 6.07) is 19.2. The van der Waals surface area contributed by atoms with Crippen LogP contribution in [0.15, 0.2) is 60.8 Å². The average Bonchev–Trinajstić information content (AvgIpc) is 3.03. The fourth-order valence-electron chi connectivity index (χ4n) is 3.71. The number of pyridine rings is 1. The SMILES string of the molecule is Cc1cccc(Cn2ccc3c(Cc4cc(N)nc(C)c4N)cccc32)c1. The number of nitrogen functional groups attached to an aromatic ring is 2. The highest BCUT2D eigenvalue weighted by Crippen LogP contribution is 2.27. The van der Waals surface area contributed by atoms with Crippen molar-refractivity contribution in [2.45, 2.75) is 26.8 Å². The predicted molar refractivity (Wildman–Crippen MR) is 113 cm³/mol. The molecule has 0 saturated heterocycles. The number of hydrogen-bond donors (Lipinski definition) is 2. The van der Waals surface area contributed by atoms with Gasteiger partial charge >= 0.3 is 0 Å². The third kappa shape index (κ3) is 3.38. The largest absolute Gasteiger partial charge is 0.397 e. The standard InChI is InChI=1S/C23H24N4/c1-15-5-3-6-17(11-15)14-27-10-9-20-18(7-4-8-21(20)27)12-19-13-22(24)26-16(2)23(19)25/h3-11,13H,12,14,25H2,1-2H3,(H2,24,26). The highest BCUT2D eigenvalue weighted by Gasteiger charge is 2.11. The lowest BCUT2D eigenvalue weighted by molar-refractivity contribution is 0.836. The Kier molecular flexibility index (Phi) is 4.32. The van der Waals surface area contributed by atoms with Gasteiger partial charge < -0.3 is 16.0 Å². The van der Waals surface area contributed by atoms with Crippen LogP contribution in [0.4, 0.5) is 11.5 Å². The van der Waals surface area contributed by atoms with Gasteiger partial charge in [-0.25, -0.2) is 4.98 Å². The molecule has 27 heavy (non-hydrogen) atoms. The van der Waals surface area contributed by atoms with Crippen LogP contribution in [-0.2, 0) is 13.0 Å². The first-order valence-electron chi connectivity index (χ1n) is 9.15. The fraction of sp³-hybridized carbons (Fsp3) is 0.174. The summed E-state index contributed by atoms with van der Waals surface area (Å²) in [7, 11) is 0. The summed E-state index contributed by atoms with van der Waals surface area (Å²) in [4.78, 5) is 4.24. The Morgan fingerprint density at radius 3 is 2.56 bits per heavy atom. The van der Waals surface area contributed by atoms with E-state index in [9.17, 15) is 0 Å². The monoisotopic (exact) mass is 356 g/mol. The first-order chi connectivity index (χ1) is 13.0. The predicted octanol–water partition coefficient (Wildman–Crippen LogP) is 4.46. The van der Waals surface area contributed by atoms with E-state index in [4.69, 9.17) is 11.5 Å². The lowest BCUT2D eigenvalue weighted by Gasteiger charge is -2.11. The maximum atomic E-state index is 6.24. The second-order valence-corrected chi connectivity index (χ2v) is 7.16. The van der Waals surface area contributed by atoms with Crippen LogP contribution in [0.1, 0.15) is 27.9 Å². The van der Waals surface area contributed by atoms with Gasteiger partial charge in [0.1, 0.15) is 5.82 Å². The van der Waals surface area contributed by atoms with E-state index < -0.39 is 0 Å². The van der Waals surface area contributed by atoms with Crippen molar-refractivity contribution in [1.82, 2.24) is 9.55 Å². The molecule has 4 aromatic rings. The third-order valence-corrected chi connectivity index (χ3v) is 5.07. The highest BCUT2D eigenvalue weighted by molar-refractivity contribution is 5.84. The minimum absolute atomic E-state index is 0.515. The third-order valence-electron chi connectivity index (χ3n) is 5.07. The molecule has 2 heterocycles. The molecule has 0 fully saturated rings. The quantitative estimate of drug-likeness (QED) is 0.567. The second kappa shape index (κ2) is 6.80. The lowest BCUT2D eigenvalue weighted by atomic mass is 10.00. The summed E-state index contributed by atoms with van der Waals surface area (Å²) >= 11 is 0. The Labute approximate surface area is 159 Å². The first-order valence-corrected chi connectivity index (χ1v) is 9.15. The first kappa shape index (κ1) is 17.2. The summed E-state index contributed by atoms with van der Waals surface area (Å²) in [5.74, 6) is 0.515. The Balaban J connectivity index is 1.71. The number of hydrogen-bond acceptors (Lipinski definition) is 3. The van der Waals surface area contributed by atoms with Gasteiger partial charge in [0.05, 0.1) is 11.4 Å². The molecule has 4 heteroatoms. The molecule has 0 aliphatic heterocycles. The number of fused-ring (bicyclic) bond motifs is 1. The van der Waals surface area contributed by atoms with Gasteiger partial charge in [-0.05, 0) is 48.7 Å². The van der Waals surface area contributed by atoms with Crippen LogP contribution in [0.3, 0.4) is 0 Å². The molecule has 0 bridgehead atoms. The minimum atomic E-state index is 0.515. The van der Waals surface area contributed by atoms with Crippen molar-refractivity contribution in [3.05, 3.63) is 88.7 Å². The second-order valence-electron chi connectivity index (χ2n) is 7.16. The molecule has 2 aromatic carbocycles. The number of rotatable bonds is 4. The fourth-order valence-corrected chi connectivity index (χ4v) is 3.71. The minimum Gasteiger partial charge on any atom is -0.397 e. The molecule has 0 amide bonds. The van der Waals surface area contributed by atoms with E-state index >= 15 is 0 Å². The van der Waals surface area contributed by atoms with Gasteiger partial charge in [0.2, 0.25) is 0 Å². The van der Waals surface area contributed by atoms with Gasteiger partial charge in [0.25, 0.3) is 0 Å². The molecule has 0 atom stereocenters. The number of anilines is 2. The number of nitrogens with zero attached hydrogens (tertiary/aromatic N) is 2. The van der Waals surface area contributed by atoms with Crippen molar-refractivity contribution in [2.24, 2.45) is 0 Å². The van der Waals surface area contributed by atoms with Crippen LogP contribution in [0.2, 0.25) is 0 Å². The molecule has 136 valence electrons. The molecular weight excluding hydrogens is 332 g/mol. The van der Waals surface area contributed by atoms with Gasteiger partial charge in [0.15, 0.2) is 0 Å². The Morgan fingerprint density at radius 1 is 0.926 bits per heavy atom. The average molecular weight is 356 g/mol. The topological polar surface area (TPSA) is 69.9 Å². The smallest absolute Gasteiger partial charge is 0.124 e.